The van der Waals surface area contributed by atoms with E-state index in [2.05, 4.69) is 0 Å². The molecule has 0 aromatic heterocycles. The van der Waals surface area contributed by atoms with E-state index in [0.29, 0.717) is 0 Å². The van der Waals surface area contributed by atoms with E-state index in [-0.39, 0.29) is 24.9 Å². The van der Waals surface area contributed by atoms with E-state index in [1.807, 2.05) is 0 Å². The molecule has 0 heterocycles. The number of aliphatic hydroxyl groups is 2. The summed E-state index contributed by atoms with van der Waals surface area (Å²) in [4.78, 5) is 12.0. The maximum absolute atomic E-state index is 10.8. The number of amides is 1. The first-order valence-corrected chi connectivity index (χ1v) is 3.74. The molecule has 0 radical (unpaired) electrons. The van der Waals surface area contributed by atoms with Crippen molar-refractivity contribution in [3.8, 4) is 0 Å². The molecule has 0 rings (SSSR count). The SMILES string of the molecule is CN(CC(O)CO)C(=O)CCl. The van der Waals surface area contributed by atoms with Crippen LogP contribution < -0.4 is 0 Å². The monoisotopic (exact) mass is 181 g/mol. The summed E-state index contributed by atoms with van der Waals surface area (Å²) in [6.07, 6.45) is -0.882. The maximum Gasteiger partial charge on any atom is 0.237 e. The van der Waals surface area contributed by atoms with E-state index in [1.54, 1.807) is 0 Å². The first-order valence-electron chi connectivity index (χ1n) is 3.20. The van der Waals surface area contributed by atoms with E-state index < -0.39 is 6.10 Å². The van der Waals surface area contributed by atoms with Crippen LogP contribution in [-0.4, -0.2) is 53.2 Å². The molecule has 1 amide bonds. The van der Waals surface area contributed by atoms with E-state index in [1.165, 1.54) is 11.9 Å². The van der Waals surface area contributed by atoms with Crippen molar-refractivity contribution in [2.24, 2.45) is 0 Å². The van der Waals surface area contributed by atoms with Crippen LogP contribution in [0.15, 0.2) is 0 Å². The van der Waals surface area contributed by atoms with E-state index in [0.717, 1.165) is 0 Å². The number of hydrogen-bond acceptors (Lipinski definition) is 3. The van der Waals surface area contributed by atoms with Gasteiger partial charge in [0.1, 0.15) is 5.88 Å². The van der Waals surface area contributed by atoms with E-state index in [9.17, 15) is 4.79 Å². The van der Waals surface area contributed by atoms with Crippen molar-refractivity contribution in [2.75, 3.05) is 26.1 Å². The van der Waals surface area contributed by atoms with Crippen molar-refractivity contribution in [1.82, 2.24) is 4.90 Å². The Balaban J connectivity index is 3.67. The lowest BCUT2D eigenvalue weighted by Crippen LogP contribution is -2.36. The van der Waals surface area contributed by atoms with Crippen molar-refractivity contribution < 1.29 is 15.0 Å². The Bertz CT molecular complexity index is 131. The number of hydrogen-bond donors (Lipinski definition) is 2. The van der Waals surface area contributed by atoms with Gasteiger partial charge in [-0.15, -0.1) is 11.6 Å². The second-order valence-corrected chi connectivity index (χ2v) is 2.51. The van der Waals surface area contributed by atoms with Crippen LogP contribution in [0.25, 0.3) is 0 Å². The summed E-state index contributed by atoms with van der Waals surface area (Å²) in [5, 5.41) is 17.3. The lowest BCUT2D eigenvalue weighted by atomic mass is 10.3. The number of likely N-dealkylation sites (N-methyl/N-ethyl adjacent to an activating group) is 1. The van der Waals surface area contributed by atoms with Gasteiger partial charge in [-0.05, 0) is 0 Å². The number of alkyl halides is 1. The van der Waals surface area contributed by atoms with Gasteiger partial charge >= 0.3 is 0 Å². The minimum absolute atomic E-state index is 0.103. The molecule has 0 bridgehead atoms. The van der Waals surface area contributed by atoms with Crippen molar-refractivity contribution >= 4 is 17.5 Å². The molecule has 4 nitrogen and oxygen atoms in total. The van der Waals surface area contributed by atoms with Gasteiger partial charge in [0.05, 0.1) is 12.7 Å². The molecule has 0 aromatic rings. The molecule has 11 heavy (non-hydrogen) atoms. The fourth-order valence-electron chi connectivity index (χ4n) is 0.578. The molecule has 0 fully saturated rings. The highest BCUT2D eigenvalue weighted by Crippen LogP contribution is 1.91. The Morgan fingerprint density at radius 3 is 2.64 bits per heavy atom. The molecule has 5 heteroatoms. The zero-order valence-electron chi connectivity index (χ0n) is 6.33. The van der Waals surface area contributed by atoms with Crippen LogP contribution in [0.5, 0.6) is 0 Å². The number of aliphatic hydroxyl groups excluding tert-OH is 2. The van der Waals surface area contributed by atoms with Gasteiger partial charge < -0.3 is 15.1 Å². The van der Waals surface area contributed by atoms with Gasteiger partial charge in [-0.25, -0.2) is 0 Å². The second kappa shape index (κ2) is 5.35. The minimum atomic E-state index is -0.882. The maximum atomic E-state index is 10.8. The Morgan fingerprint density at radius 2 is 2.27 bits per heavy atom. The molecule has 2 N–H and O–H groups in total. The Kier molecular flexibility index (Phi) is 5.19. The largest absolute Gasteiger partial charge is 0.394 e. The summed E-state index contributed by atoms with van der Waals surface area (Å²) in [7, 11) is 1.52. The minimum Gasteiger partial charge on any atom is -0.394 e. The lowest BCUT2D eigenvalue weighted by Gasteiger charge is -2.18. The van der Waals surface area contributed by atoms with Crippen LogP contribution >= 0.6 is 11.6 Å². The summed E-state index contributed by atoms with van der Waals surface area (Å²) in [5.41, 5.74) is 0. The average Bonchev–Trinajstić information content (AvgIpc) is 2.02. The van der Waals surface area contributed by atoms with Gasteiger partial charge in [-0.1, -0.05) is 0 Å². The summed E-state index contributed by atoms with van der Waals surface area (Å²) in [5.74, 6) is -0.367. The predicted octanol–water partition coefficient (Wildman–Crippen LogP) is -0.963. The van der Waals surface area contributed by atoms with Crippen LogP contribution in [-0.2, 0) is 4.79 Å². The van der Waals surface area contributed by atoms with Crippen LogP contribution in [0.2, 0.25) is 0 Å². The third-order valence-electron chi connectivity index (χ3n) is 1.24. The molecule has 1 atom stereocenters. The number of carbonyl (C=O) groups is 1. The normalized spacial score (nSPS) is 12.7. The highest BCUT2D eigenvalue weighted by atomic mass is 35.5. The highest BCUT2D eigenvalue weighted by Gasteiger charge is 2.10. The smallest absolute Gasteiger partial charge is 0.237 e. The molecule has 0 saturated heterocycles. The van der Waals surface area contributed by atoms with Crippen LogP contribution in [0.1, 0.15) is 0 Å². The summed E-state index contributed by atoms with van der Waals surface area (Å²) in [6.45, 7) is -0.234. The van der Waals surface area contributed by atoms with Crippen molar-refractivity contribution in [1.29, 1.82) is 0 Å². The van der Waals surface area contributed by atoms with Gasteiger partial charge in [-0.2, -0.15) is 0 Å². The highest BCUT2D eigenvalue weighted by molar-refractivity contribution is 6.27. The number of halogens is 1. The zero-order chi connectivity index (χ0) is 8.85. The first-order chi connectivity index (χ1) is 5.11. The number of carbonyl (C=O) groups excluding carboxylic acids is 1. The van der Waals surface area contributed by atoms with Crippen LogP contribution in [0, 0.1) is 0 Å². The quantitative estimate of drug-likeness (QED) is 0.549. The van der Waals surface area contributed by atoms with Crippen molar-refractivity contribution in [3.63, 3.8) is 0 Å². The number of rotatable bonds is 4. The van der Waals surface area contributed by atoms with E-state index in [4.69, 9.17) is 21.8 Å². The molecule has 66 valence electrons. The van der Waals surface area contributed by atoms with Gasteiger partial charge in [0.2, 0.25) is 5.91 Å². The average molecular weight is 182 g/mol. The summed E-state index contributed by atoms with van der Waals surface area (Å²) in [6, 6.07) is 0. The Labute approximate surface area is 70.4 Å². The molecule has 0 aliphatic rings. The topological polar surface area (TPSA) is 60.8 Å². The molecule has 0 aliphatic carbocycles. The van der Waals surface area contributed by atoms with Gasteiger partial charge in [0.15, 0.2) is 0 Å². The van der Waals surface area contributed by atoms with Crippen LogP contribution in [0.3, 0.4) is 0 Å². The molecular weight excluding hydrogens is 170 g/mol. The third-order valence-corrected chi connectivity index (χ3v) is 1.46. The molecule has 0 aliphatic heterocycles. The van der Waals surface area contributed by atoms with Gasteiger partial charge in [0, 0.05) is 13.6 Å². The fraction of sp³-hybridized carbons (Fsp3) is 0.833. The summed E-state index contributed by atoms with van der Waals surface area (Å²) < 4.78 is 0. The molecule has 0 aromatic carbocycles. The van der Waals surface area contributed by atoms with Crippen molar-refractivity contribution in [3.05, 3.63) is 0 Å². The predicted molar refractivity (Wildman–Crippen MR) is 41.4 cm³/mol. The second-order valence-electron chi connectivity index (χ2n) is 2.24. The zero-order valence-corrected chi connectivity index (χ0v) is 7.08. The molecule has 1 unspecified atom stereocenters. The molecule has 0 spiro atoms. The third kappa shape index (κ3) is 4.19. The van der Waals surface area contributed by atoms with E-state index >= 15 is 0 Å². The van der Waals surface area contributed by atoms with Gasteiger partial charge in [-0.3, -0.25) is 4.79 Å². The standard InChI is InChI=1S/C6H12ClNO3/c1-8(6(11)2-7)3-5(10)4-9/h5,9-10H,2-4H2,1H3. The van der Waals surface area contributed by atoms with Gasteiger partial charge in [0.25, 0.3) is 0 Å². The Hall–Kier alpha value is -0.320. The van der Waals surface area contributed by atoms with Crippen LogP contribution in [0.4, 0.5) is 0 Å². The fourth-order valence-corrected chi connectivity index (χ4v) is 0.782. The number of nitrogens with zero attached hydrogens (tertiary/aromatic N) is 1. The lowest BCUT2D eigenvalue weighted by molar-refractivity contribution is -0.128. The molecule has 0 saturated carbocycles. The summed E-state index contributed by atoms with van der Waals surface area (Å²) >= 11 is 5.24. The van der Waals surface area contributed by atoms with Crippen molar-refractivity contribution in [2.45, 2.75) is 6.10 Å². The first kappa shape index (κ1) is 10.7. The Morgan fingerprint density at radius 1 is 1.73 bits per heavy atom. The molecular formula is C6H12ClNO3.